The van der Waals surface area contributed by atoms with Gasteiger partial charge in [-0.2, -0.15) is 0 Å². The number of amides is 1. The molecule has 0 bridgehead atoms. The van der Waals surface area contributed by atoms with Crippen molar-refractivity contribution in [3.8, 4) is 10.8 Å². The van der Waals surface area contributed by atoms with Crippen molar-refractivity contribution in [2.75, 3.05) is 33.2 Å². The van der Waals surface area contributed by atoms with Gasteiger partial charge in [0.25, 0.3) is 0 Å². The summed E-state index contributed by atoms with van der Waals surface area (Å²) in [6.45, 7) is 5.94. The van der Waals surface area contributed by atoms with Crippen molar-refractivity contribution in [3.05, 3.63) is 64.9 Å². The summed E-state index contributed by atoms with van der Waals surface area (Å²) in [5.74, 6) is 0.713. The van der Waals surface area contributed by atoms with E-state index in [1.807, 2.05) is 17.5 Å². The number of thiazole rings is 1. The van der Waals surface area contributed by atoms with Gasteiger partial charge in [0.1, 0.15) is 0 Å². The first-order valence-corrected chi connectivity index (χ1v) is 10.8. The number of nitrogens with zero attached hydrogens (tertiary/aromatic N) is 3. The van der Waals surface area contributed by atoms with Crippen LogP contribution in [0, 0.1) is 0 Å². The highest BCUT2D eigenvalue weighted by Gasteiger charge is 2.14. The zero-order valence-electron chi connectivity index (χ0n) is 16.6. The molecule has 1 saturated heterocycles. The van der Waals surface area contributed by atoms with E-state index in [1.165, 1.54) is 16.9 Å². The topological polar surface area (TPSA) is 61.6 Å². The smallest absolute Gasteiger partial charge is 0.226 e. The summed E-state index contributed by atoms with van der Waals surface area (Å²) in [6.07, 6.45) is 1.90. The molecule has 0 spiro atoms. The maximum Gasteiger partial charge on any atom is 0.226 e. The Bertz CT molecular complexity index is 930. The molecule has 29 heavy (non-hydrogen) atoms. The van der Waals surface area contributed by atoms with Crippen LogP contribution in [0.1, 0.15) is 16.8 Å². The van der Waals surface area contributed by atoms with E-state index in [9.17, 15) is 4.79 Å². The number of piperazine rings is 1. The zero-order chi connectivity index (χ0) is 20.1. The number of aromatic nitrogens is 1. The van der Waals surface area contributed by atoms with E-state index >= 15 is 0 Å². The van der Waals surface area contributed by atoms with Crippen LogP contribution in [0.4, 0.5) is 0 Å². The maximum absolute atomic E-state index is 12.3. The Kier molecular flexibility index (Phi) is 6.39. The molecular weight excluding hydrogens is 384 g/mol. The van der Waals surface area contributed by atoms with Crippen molar-refractivity contribution in [1.82, 2.24) is 20.1 Å². The van der Waals surface area contributed by atoms with Gasteiger partial charge >= 0.3 is 0 Å². The first-order chi connectivity index (χ1) is 14.2. The molecule has 1 fully saturated rings. The molecule has 0 atom stereocenters. The van der Waals surface area contributed by atoms with Crippen LogP contribution in [-0.2, 0) is 24.3 Å². The summed E-state index contributed by atoms with van der Waals surface area (Å²) in [5, 5.41) is 5.72. The van der Waals surface area contributed by atoms with Crippen LogP contribution in [-0.4, -0.2) is 53.9 Å². The van der Waals surface area contributed by atoms with Gasteiger partial charge < -0.3 is 14.6 Å². The molecule has 3 aromatic rings. The summed E-state index contributed by atoms with van der Waals surface area (Å²) < 4.78 is 5.36. The van der Waals surface area contributed by atoms with Gasteiger partial charge in [-0.05, 0) is 30.3 Å². The minimum atomic E-state index is -0.0224. The minimum Gasteiger partial charge on any atom is -0.462 e. The van der Waals surface area contributed by atoms with Crippen LogP contribution in [0.3, 0.4) is 0 Å². The fraction of sp³-hybridized carbons (Fsp3) is 0.364. The third-order valence-corrected chi connectivity index (χ3v) is 6.01. The lowest BCUT2D eigenvalue weighted by atomic mass is 10.1. The van der Waals surface area contributed by atoms with Crippen molar-refractivity contribution in [3.63, 3.8) is 0 Å². The number of nitrogens with one attached hydrogen (secondary N) is 1. The Morgan fingerprint density at radius 2 is 2.00 bits per heavy atom. The molecule has 0 radical (unpaired) electrons. The first-order valence-electron chi connectivity index (χ1n) is 9.89. The molecule has 4 rings (SSSR count). The molecule has 2 aromatic heterocycles. The molecule has 1 aliphatic rings. The van der Waals surface area contributed by atoms with Gasteiger partial charge in [-0.15, -0.1) is 11.3 Å². The number of rotatable bonds is 7. The van der Waals surface area contributed by atoms with Crippen molar-refractivity contribution in [2.24, 2.45) is 0 Å². The average Bonchev–Trinajstić information content (AvgIpc) is 3.40. The lowest BCUT2D eigenvalue weighted by Gasteiger charge is -2.32. The molecule has 152 valence electrons. The third kappa shape index (κ3) is 5.53. The van der Waals surface area contributed by atoms with Gasteiger partial charge in [-0.25, -0.2) is 4.98 Å². The predicted octanol–water partition coefficient (Wildman–Crippen LogP) is 3.01. The number of carbonyl (C=O) groups is 1. The standard InChI is InChI=1S/C22H26N4O2S/c1-25-7-9-26(10-8-25)15-18-5-2-4-17(12-18)14-23-21(27)13-19-16-29-22(24-19)20-6-3-11-28-20/h2-6,11-12,16H,7-10,13-15H2,1H3,(H,23,27). The van der Waals surface area contributed by atoms with E-state index in [2.05, 4.69) is 51.4 Å². The third-order valence-electron chi connectivity index (χ3n) is 5.11. The fourth-order valence-corrected chi connectivity index (χ4v) is 4.22. The molecule has 1 aliphatic heterocycles. The molecule has 1 N–H and O–H groups in total. The van der Waals surface area contributed by atoms with E-state index < -0.39 is 0 Å². The second-order valence-corrected chi connectivity index (χ2v) is 8.33. The maximum atomic E-state index is 12.3. The fourth-order valence-electron chi connectivity index (χ4n) is 3.43. The zero-order valence-corrected chi connectivity index (χ0v) is 17.5. The van der Waals surface area contributed by atoms with Gasteiger partial charge in [0, 0.05) is 44.6 Å². The summed E-state index contributed by atoms with van der Waals surface area (Å²) in [4.78, 5) is 21.7. The number of benzene rings is 1. The van der Waals surface area contributed by atoms with Crippen LogP contribution in [0.2, 0.25) is 0 Å². The lowest BCUT2D eigenvalue weighted by molar-refractivity contribution is -0.120. The molecular formula is C22H26N4O2S. The molecule has 1 amide bonds. The monoisotopic (exact) mass is 410 g/mol. The number of furan rings is 1. The van der Waals surface area contributed by atoms with Crippen LogP contribution in [0.15, 0.2) is 52.5 Å². The highest BCUT2D eigenvalue weighted by Crippen LogP contribution is 2.24. The Hall–Kier alpha value is -2.48. The normalized spacial score (nSPS) is 15.5. The highest BCUT2D eigenvalue weighted by molar-refractivity contribution is 7.13. The summed E-state index contributed by atoms with van der Waals surface area (Å²) >= 11 is 1.49. The van der Waals surface area contributed by atoms with E-state index in [0.29, 0.717) is 6.54 Å². The molecule has 1 aromatic carbocycles. The van der Waals surface area contributed by atoms with E-state index in [1.54, 1.807) is 6.26 Å². The van der Waals surface area contributed by atoms with Crippen LogP contribution in [0.5, 0.6) is 0 Å². The Morgan fingerprint density at radius 1 is 1.17 bits per heavy atom. The molecule has 7 heteroatoms. The summed E-state index contributed by atoms with van der Waals surface area (Å²) in [5.41, 5.74) is 3.19. The second kappa shape index (κ2) is 9.35. The molecule has 0 aliphatic carbocycles. The molecule has 0 saturated carbocycles. The lowest BCUT2D eigenvalue weighted by Crippen LogP contribution is -2.43. The second-order valence-electron chi connectivity index (χ2n) is 7.47. The highest BCUT2D eigenvalue weighted by atomic mass is 32.1. The molecule has 3 heterocycles. The van der Waals surface area contributed by atoms with Gasteiger partial charge in [-0.3, -0.25) is 9.69 Å². The van der Waals surface area contributed by atoms with Crippen LogP contribution >= 0.6 is 11.3 Å². The largest absolute Gasteiger partial charge is 0.462 e. The van der Waals surface area contributed by atoms with Gasteiger partial charge in [-0.1, -0.05) is 24.3 Å². The number of hydrogen-bond donors (Lipinski definition) is 1. The van der Waals surface area contributed by atoms with Crippen molar-refractivity contribution in [2.45, 2.75) is 19.5 Å². The summed E-state index contributed by atoms with van der Waals surface area (Å²) in [6, 6.07) is 12.2. The predicted molar refractivity (Wildman–Crippen MR) is 115 cm³/mol. The Labute approximate surface area is 175 Å². The van der Waals surface area contributed by atoms with E-state index in [0.717, 1.165) is 54.7 Å². The van der Waals surface area contributed by atoms with Crippen molar-refractivity contribution in [1.29, 1.82) is 0 Å². The minimum absolute atomic E-state index is 0.0224. The Morgan fingerprint density at radius 3 is 2.79 bits per heavy atom. The average molecular weight is 411 g/mol. The van der Waals surface area contributed by atoms with Crippen LogP contribution in [0.25, 0.3) is 10.8 Å². The molecule has 0 unspecified atom stereocenters. The van der Waals surface area contributed by atoms with E-state index in [4.69, 9.17) is 4.42 Å². The first kappa shape index (κ1) is 19.8. The Balaban J connectivity index is 1.27. The quantitative estimate of drug-likeness (QED) is 0.649. The number of hydrogen-bond acceptors (Lipinski definition) is 6. The number of carbonyl (C=O) groups excluding carboxylic acids is 1. The SMILES string of the molecule is CN1CCN(Cc2cccc(CNC(=O)Cc3csc(-c4ccco4)n3)c2)CC1. The van der Waals surface area contributed by atoms with Crippen molar-refractivity contribution < 1.29 is 9.21 Å². The van der Waals surface area contributed by atoms with Gasteiger partial charge in [0.2, 0.25) is 5.91 Å². The van der Waals surface area contributed by atoms with Crippen LogP contribution < -0.4 is 5.32 Å². The van der Waals surface area contributed by atoms with Gasteiger partial charge in [0.15, 0.2) is 10.8 Å². The van der Waals surface area contributed by atoms with Crippen molar-refractivity contribution >= 4 is 17.2 Å². The van der Waals surface area contributed by atoms with Gasteiger partial charge in [0.05, 0.1) is 18.4 Å². The summed E-state index contributed by atoms with van der Waals surface area (Å²) in [7, 11) is 2.17. The number of likely N-dealkylation sites (N-methyl/N-ethyl adjacent to an activating group) is 1. The molecule has 6 nitrogen and oxygen atoms in total. The van der Waals surface area contributed by atoms with E-state index in [-0.39, 0.29) is 12.3 Å².